The average Bonchev–Trinajstić information content (AvgIpc) is 3.28. The molecule has 0 radical (unpaired) electrons. The molecule has 5 rings (SSSR count). The van der Waals surface area contributed by atoms with Crippen LogP contribution in [0.25, 0.3) is 10.8 Å². The van der Waals surface area contributed by atoms with E-state index < -0.39 is 4.92 Å². The van der Waals surface area contributed by atoms with Crippen LogP contribution in [0.5, 0.6) is 0 Å². The van der Waals surface area contributed by atoms with Crippen LogP contribution in [-0.2, 0) is 9.59 Å². The number of carbonyl (C=O) groups excluding carboxylic acids is 2. The number of nitro groups is 1. The minimum Gasteiger partial charge on any atom is -0.274 e. The van der Waals surface area contributed by atoms with Crippen molar-refractivity contribution in [3.8, 4) is 0 Å². The van der Waals surface area contributed by atoms with Crippen molar-refractivity contribution in [1.29, 1.82) is 0 Å². The lowest BCUT2D eigenvalue weighted by Gasteiger charge is -2.19. The second-order valence-corrected chi connectivity index (χ2v) is 6.92. The Morgan fingerprint density at radius 1 is 0.920 bits per heavy atom. The van der Waals surface area contributed by atoms with Gasteiger partial charge in [-0.3, -0.25) is 19.7 Å². The van der Waals surface area contributed by atoms with E-state index in [9.17, 15) is 19.7 Å². The highest BCUT2D eigenvalue weighted by atomic mass is 16.6. The van der Waals surface area contributed by atoms with Gasteiger partial charge in [0.1, 0.15) is 0 Å². The number of hydrogen-bond acceptors (Lipinski definition) is 4. The average molecular weight is 334 g/mol. The summed E-state index contributed by atoms with van der Waals surface area (Å²) in [5, 5.41) is 12.3. The molecule has 2 aromatic carbocycles. The first-order chi connectivity index (χ1) is 12.1. The van der Waals surface area contributed by atoms with E-state index in [0.29, 0.717) is 16.5 Å². The number of amides is 2. The zero-order valence-corrected chi connectivity index (χ0v) is 13.2. The van der Waals surface area contributed by atoms with Crippen LogP contribution in [0.15, 0.2) is 48.6 Å². The largest absolute Gasteiger partial charge is 0.277 e. The normalized spacial score (nSPS) is 29.7. The van der Waals surface area contributed by atoms with Crippen LogP contribution in [0.4, 0.5) is 11.4 Å². The predicted octanol–water partition coefficient (Wildman–Crippen LogP) is 3.06. The Labute approximate surface area is 142 Å². The summed E-state index contributed by atoms with van der Waals surface area (Å²) < 4.78 is 0. The van der Waals surface area contributed by atoms with Gasteiger partial charge in [-0.25, -0.2) is 4.90 Å². The number of nitro benzene ring substituents is 1. The smallest absolute Gasteiger partial charge is 0.274 e. The van der Waals surface area contributed by atoms with Gasteiger partial charge in [-0.05, 0) is 30.4 Å². The van der Waals surface area contributed by atoms with Crippen molar-refractivity contribution in [2.24, 2.45) is 23.7 Å². The number of hydrogen-bond donors (Lipinski definition) is 0. The fraction of sp³-hybridized carbons (Fsp3) is 0.263. The molecule has 2 aliphatic carbocycles. The Kier molecular flexibility index (Phi) is 2.72. The third kappa shape index (κ3) is 1.74. The van der Waals surface area contributed by atoms with Crippen LogP contribution >= 0.6 is 0 Å². The van der Waals surface area contributed by atoms with Crippen LogP contribution < -0.4 is 4.90 Å². The summed E-state index contributed by atoms with van der Waals surface area (Å²) in [4.78, 5) is 38.1. The lowest BCUT2D eigenvalue weighted by atomic mass is 9.85. The molecule has 0 spiro atoms. The van der Waals surface area contributed by atoms with Gasteiger partial charge in [0.05, 0.1) is 27.8 Å². The van der Waals surface area contributed by atoms with E-state index >= 15 is 0 Å². The van der Waals surface area contributed by atoms with E-state index in [0.717, 1.165) is 6.42 Å². The topological polar surface area (TPSA) is 80.5 Å². The maximum absolute atomic E-state index is 13.0. The summed E-state index contributed by atoms with van der Waals surface area (Å²) in [6, 6.07) is 9.73. The van der Waals surface area contributed by atoms with Crippen molar-refractivity contribution in [1.82, 2.24) is 0 Å². The number of carbonyl (C=O) groups is 2. The first-order valence-electron chi connectivity index (χ1n) is 8.30. The molecule has 2 aromatic rings. The summed E-state index contributed by atoms with van der Waals surface area (Å²) in [7, 11) is 0. The lowest BCUT2D eigenvalue weighted by Crippen LogP contribution is -2.33. The lowest BCUT2D eigenvalue weighted by molar-refractivity contribution is -0.383. The molecule has 2 bridgehead atoms. The summed E-state index contributed by atoms with van der Waals surface area (Å²) >= 11 is 0. The Morgan fingerprint density at radius 3 is 2.12 bits per heavy atom. The first kappa shape index (κ1) is 14.3. The standard InChI is InChI=1S/C19H14N2O4/c22-18-16-10-5-6-11(9-10)17(16)19(23)20(18)14-7-8-15(21(24)25)13-4-2-1-3-12(13)14/h1-8,10-11,16-17H,9H2/t10-,11-,16+,17+/m1/s1. The Balaban J connectivity index is 1.68. The minimum atomic E-state index is -0.446. The third-order valence-electron chi connectivity index (χ3n) is 5.79. The van der Waals surface area contributed by atoms with Crippen LogP contribution in [0, 0.1) is 33.8 Å². The van der Waals surface area contributed by atoms with E-state index in [1.807, 2.05) is 0 Å². The molecule has 0 unspecified atom stereocenters. The molecule has 1 saturated heterocycles. The van der Waals surface area contributed by atoms with E-state index in [-0.39, 0.29) is 41.2 Å². The van der Waals surface area contributed by atoms with E-state index in [4.69, 9.17) is 0 Å². The van der Waals surface area contributed by atoms with Crippen molar-refractivity contribution < 1.29 is 14.5 Å². The Hall–Kier alpha value is -3.02. The number of rotatable bonds is 2. The number of nitrogens with zero attached hydrogens (tertiary/aromatic N) is 2. The van der Waals surface area contributed by atoms with Gasteiger partial charge in [0.2, 0.25) is 11.8 Å². The highest BCUT2D eigenvalue weighted by Crippen LogP contribution is 2.53. The number of benzene rings is 2. The number of anilines is 1. The molecule has 3 aliphatic rings. The van der Waals surface area contributed by atoms with Crippen molar-refractivity contribution in [2.75, 3.05) is 4.90 Å². The SMILES string of the molecule is O=C1[C@@H]2[C@@H](C(=O)N1c1ccc([N+](=O)[O-])c3ccccc13)[C@@H]1C=C[C@@H]2C1. The monoisotopic (exact) mass is 334 g/mol. The minimum absolute atomic E-state index is 0.0274. The van der Waals surface area contributed by atoms with E-state index in [1.54, 1.807) is 24.3 Å². The molecule has 124 valence electrons. The van der Waals surface area contributed by atoms with Crippen LogP contribution in [-0.4, -0.2) is 16.7 Å². The molecule has 2 amide bonds. The maximum Gasteiger partial charge on any atom is 0.277 e. The Bertz CT molecular complexity index is 966. The summed E-state index contributed by atoms with van der Waals surface area (Å²) in [6.07, 6.45) is 4.98. The van der Waals surface area contributed by atoms with Gasteiger partial charge in [0.25, 0.3) is 5.69 Å². The molecule has 0 N–H and O–H groups in total. The molecule has 1 saturated carbocycles. The molecular formula is C19H14N2O4. The number of allylic oxidation sites excluding steroid dienone is 2. The van der Waals surface area contributed by atoms with Crippen molar-refractivity contribution in [2.45, 2.75) is 6.42 Å². The van der Waals surface area contributed by atoms with Gasteiger partial charge < -0.3 is 0 Å². The molecule has 4 atom stereocenters. The van der Waals surface area contributed by atoms with Crippen molar-refractivity contribution >= 4 is 34.0 Å². The fourth-order valence-corrected chi connectivity index (χ4v) is 4.76. The molecule has 1 aliphatic heterocycles. The van der Waals surface area contributed by atoms with Gasteiger partial charge in [-0.1, -0.05) is 30.4 Å². The first-order valence-corrected chi connectivity index (χ1v) is 8.30. The fourth-order valence-electron chi connectivity index (χ4n) is 4.76. The number of fused-ring (bicyclic) bond motifs is 6. The molecule has 2 fully saturated rings. The molecule has 6 nitrogen and oxygen atoms in total. The maximum atomic E-state index is 13.0. The van der Waals surface area contributed by atoms with Gasteiger partial charge in [0, 0.05) is 11.5 Å². The molecular weight excluding hydrogens is 320 g/mol. The third-order valence-corrected chi connectivity index (χ3v) is 5.79. The molecule has 0 aromatic heterocycles. The van der Waals surface area contributed by atoms with E-state index in [1.165, 1.54) is 17.0 Å². The number of non-ortho nitro benzene ring substituents is 1. The summed E-state index contributed by atoms with van der Waals surface area (Å²) in [5.41, 5.74) is 0.422. The zero-order valence-electron chi connectivity index (χ0n) is 13.2. The highest BCUT2D eigenvalue weighted by Gasteiger charge is 2.59. The van der Waals surface area contributed by atoms with Crippen LogP contribution in [0.2, 0.25) is 0 Å². The second-order valence-electron chi connectivity index (χ2n) is 6.92. The predicted molar refractivity (Wildman–Crippen MR) is 90.8 cm³/mol. The van der Waals surface area contributed by atoms with Crippen molar-refractivity contribution in [3.05, 3.63) is 58.7 Å². The van der Waals surface area contributed by atoms with E-state index in [2.05, 4.69) is 12.2 Å². The molecule has 25 heavy (non-hydrogen) atoms. The quantitative estimate of drug-likeness (QED) is 0.366. The Morgan fingerprint density at radius 2 is 1.52 bits per heavy atom. The van der Waals surface area contributed by atoms with Crippen LogP contribution in [0.1, 0.15) is 6.42 Å². The zero-order chi connectivity index (χ0) is 17.3. The van der Waals surface area contributed by atoms with Crippen LogP contribution in [0.3, 0.4) is 0 Å². The second kappa shape index (κ2) is 4.75. The van der Waals surface area contributed by atoms with Gasteiger partial charge in [-0.2, -0.15) is 0 Å². The molecule has 6 heteroatoms. The van der Waals surface area contributed by atoms with Crippen molar-refractivity contribution in [3.63, 3.8) is 0 Å². The van der Waals surface area contributed by atoms with Gasteiger partial charge in [0.15, 0.2) is 0 Å². The number of imide groups is 1. The highest BCUT2D eigenvalue weighted by molar-refractivity contribution is 6.26. The van der Waals surface area contributed by atoms with Gasteiger partial charge in [-0.15, -0.1) is 0 Å². The van der Waals surface area contributed by atoms with Gasteiger partial charge >= 0.3 is 0 Å². The molecule has 1 heterocycles. The summed E-state index contributed by atoms with van der Waals surface area (Å²) in [5.74, 6) is -0.633. The summed E-state index contributed by atoms with van der Waals surface area (Å²) in [6.45, 7) is 0.